The van der Waals surface area contributed by atoms with E-state index >= 15 is 0 Å². The van der Waals surface area contributed by atoms with Crippen LogP contribution in [-0.2, 0) is 6.54 Å². The minimum absolute atomic E-state index is 0.316. The number of aromatic nitrogens is 1. The topological polar surface area (TPSA) is 42.2 Å². The maximum Gasteiger partial charge on any atom is 0.352 e. The Labute approximate surface area is 127 Å². The van der Waals surface area contributed by atoms with E-state index in [4.69, 9.17) is 11.6 Å². The minimum Gasteiger partial charge on any atom is -0.477 e. The number of carboxylic acids is 1. The summed E-state index contributed by atoms with van der Waals surface area (Å²) in [6.45, 7) is 2.35. The zero-order valence-corrected chi connectivity index (χ0v) is 12.3. The van der Waals surface area contributed by atoms with Gasteiger partial charge in [-0.3, -0.25) is 0 Å². The Bertz CT molecular complexity index is 822. The third-order valence-electron chi connectivity index (χ3n) is 3.66. The number of halogens is 1. The fraction of sp³-hybridized carbons (Fsp3) is 0.118. The van der Waals surface area contributed by atoms with Crippen LogP contribution in [0.3, 0.4) is 0 Å². The highest BCUT2D eigenvalue weighted by atomic mass is 35.5. The van der Waals surface area contributed by atoms with Crippen molar-refractivity contribution in [3.8, 4) is 0 Å². The molecule has 1 heterocycles. The van der Waals surface area contributed by atoms with Gasteiger partial charge < -0.3 is 9.67 Å². The number of benzene rings is 2. The second-order valence-electron chi connectivity index (χ2n) is 5.01. The van der Waals surface area contributed by atoms with Gasteiger partial charge in [0.05, 0.1) is 0 Å². The van der Waals surface area contributed by atoms with Crippen LogP contribution in [0.5, 0.6) is 0 Å². The van der Waals surface area contributed by atoms with E-state index in [-0.39, 0.29) is 0 Å². The largest absolute Gasteiger partial charge is 0.477 e. The Hall–Kier alpha value is -2.26. The molecule has 3 nitrogen and oxygen atoms in total. The Balaban J connectivity index is 2.24. The molecule has 0 aliphatic rings. The molecule has 0 fully saturated rings. The van der Waals surface area contributed by atoms with E-state index in [1.54, 1.807) is 6.07 Å². The Morgan fingerprint density at radius 1 is 1.19 bits per heavy atom. The normalized spacial score (nSPS) is 11.0. The van der Waals surface area contributed by atoms with Crippen molar-refractivity contribution in [3.05, 3.63) is 70.4 Å². The van der Waals surface area contributed by atoms with Gasteiger partial charge in [0, 0.05) is 22.5 Å². The minimum atomic E-state index is -0.921. The van der Waals surface area contributed by atoms with Gasteiger partial charge in [0.25, 0.3) is 0 Å². The lowest BCUT2D eigenvalue weighted by molar-refractivity contribution is 0.0685. The zero-order chi connectivity index (χ0) is 15.0. The summed E-state index contributed by atoms with van der Waals surface area (Å²) in [5.41, 5.74) is 3.01. The fourth-order valence-corrected chi connectivity index (χ4v) is 2.87. The number of fused-ring (bicyclic) bond motifs is 1. The highest BCUT2D eigenvalue weighted by Gasteiger charge is 2.19. The van der Waals surface area contributed by atoms with Gasteiger partial charge >= 0.3 is 5.97 Å². The van der Waals surface area contributed by atoms with Crippen molar-refractivity contribution in [1.82, 2.24) is 4.57 Å². The van der Waals surface area contributed by atoms with Crippen molar-refractivity contribution >= 4 is 28.5 Å². The lowest BCUT2D eigenvalue weighted by Gasteiger charge is -2.09. The van der Waals surface area contributed by atoms with Crippen LogP contribution in [0.4, 0.5) is 0 Å². The van der Waals surface area contributed by atoms with E-state index in [9.17, 15) is 9.90 Å². The highest BCUT2D eigenvalue weighted by Crippen LogP contribution is 2.29. The van der Waals surface area contributed by atoms with Crippen molar-refractivity contribution in [2.45, 2.75) is 13.5 Å². The van der Waals surface area contributed by atoms with Crippen LogP contribution >= 0.6 is 11.6 Å². The molecule has 0 unspecified atom stereocenters. The summed E-state index contributed by atoms with van der Waals surface area (Å²) in [6, 6.07) is 15.3. The van der Waals surface area contributed by atoms with Gasteiger partial charge in [-0.05, 0) is 36.2 Å². The third kappa shape index (κ3) is 2.41. The zero-order valence-electron chi connectivity index (χ0n) is 11.5. The van der Waals surface area contributed by atoms with Gasteiger partial charge in [0.1, 0.15) is 5.69 Å². The van der Waals surface area contributed by atoms with E-state index in [1.165, 1.54) is 0 Å². The maximum atomic E-state index is 11.6. The molecule has 3 rings (SSSR count). The molecular formula is C17H14ClNO2. The van der Waals surface area contributed by atoms with Crippen LogP contribution in [0.2, 0.25) is 5.02 Å². The van der Waals surface area contributed by atoms with Crippen LogP contribution in [0.15, 0.2) is 48.5 Å². The average Bonchev–Trinajstić information content (AvgIpc) is 2.72. The van der Waals surface area contributed by atoms with Gasteiger partial charge in [-0.1, -0.05) is 41.9 Å². The molecule has 106 valence electrons. The van der Waals surface area contributed by atoms with E-state index < -0.39 is 5.97 Å². The number of carboxylic acid groups (broad SMARTS) is 1. The van der Waals surface area contributed by atoms with Gasteiger partial charge in [0.15, 0.2) is 0 Å². The van der Waals surface area contributed by atoms with Crippen LogP contribution in [0, 0.1) is 6.92 Å². The molecule has 0 saturated heterocycles. The molecule has 1 aromatic heterocycles. The monoisotopic (exact) mass is 299 g/mol. The van der Waals surface area contributed by atoms with Gasteiger partial charge in [-0.25, -0.2) is 4.79 Å². The second kappa shape index (κ2) is 5.26. The van der Waals surface area contributed by atoms with Crippen molar-refractivity contribution < 1.29 is 9.90 Å². The maximum absolute atomic E-state index is 11.6. The van der Waals surface area contributed by atoms with E-state index in [0.717, 1.165) is 22.0 Å². The molecule has 0 spiro atoms. The van der Waals surface area contributed by atoms with Gasteiger partial charge in [0.2, 0.25) is 0 Å². The van der Waals surface area contributed by atoms with Crippen molar-refractivity contribution in [2.24, 2.45) is 0 Å². The summed E-state index contributed by atoms with van der Waals surface area (Å²) in [7, 11) is 0. The summed E-state index contributed by atoms with van der Waals surface area (Å²) in [4.78, 5) is 11.6. The first-order valence-corrected chi connectivity index (χ1v) is 7.01. The number of nitrogens with zero attached hydrogens (tertiary/aromatic N) is 1. The van der Waals surface area contributed by atoms with Crippen molar-refractivity contribution in [1.29, 1.82) is 0 Å². The molecular weight excluding hydrogens is 286 g/mol. The van der Waals surface area contributed by atoms with Crippen LogP contribution in [0.25, 0.3) is 10.9 Å². The smallest absolute Gasteiger partial charge is 0.352 e. The Kier molecular flexibility index (Phi) is 3.43. The summed E-state index contributed by atoms with van der Waals surface area (Å²) in [5, 5.41) is 11.0. The molecule has 0 radical (unpaired) electrons. The number of hydrogen-bond acceptors (Lipinski definition) is 1. The first-order chi connectivity index (χ1) is 10.1. The first kappa shape index (κ1) is 13.7. The number of aryl methyl sites for hydroxylation is 1. The fourth-order valence-electron chi connectivity index (χ4n) is 2.70. The molecule has 2 aromatic carbocycles. The molecule has 0 atom stereocenters. The van der Waals surface area contributed by atoms with E-state index in [1.807, 2.05) is 54.0 Å². The predicted octanol–water partition coefficient (Wildman–Crippen LogP) is 4.35. The quantitative estimate of drug-likeness (QED) is 0.781. The summed E-state index contributed by atoms with van der Waals surface area (Å²) < 4.78 is 1.83. The number of aromatic carboxylic acids is 1. The molecule has 0 saturated carbocycles. The van der Waals surface area contributed by atoms with Crippen molar-refractivity contribution in [3.63, 3.8) is 0 Å². The van der Waals surface area contributed by atoms with E-state index in [0.29, 0.717) is 17.3 Å². The standard InChI is InChI=1S/C17H14ClNO2/c1-11-14-9-13(18)7-8-15(14)19(16(11)17(20)21)10-12-5-3-2-4-6-12/h2-9H,10H2,1H3,(H,20,21). The van der Waals surface area contributed by atoms with Crippen molar-refractivity contribution in [2.75, 3.05) is 0 Å². The number of hydrogen-bond donors (Lipinski definition) is 1. The molecule has 0 amide bonds. The average molecular weight is 300 g/mol. The Morgan fingerprint density at radius 3 is 2.57 bits per heavy atom. The van der Waals surface area contributed by atoms with Gasteiger partial charge in [-0.2, -0.15) is 0 Å². The molecule has 0 bridgehead atoms. The summed E-state index contributed by atoms with van der Waals surface area (Å²) in [6.07, 6.45) is 0. The summed E-state index contributed by atoms with van der Waals surface area (Å²) in [5.74, 6) is -0.921. The van der Waals surface area contributed by atoms with Gasteiger partial charge in [-0.15, -0.1) is 0 Å². The predicted molar refractivity (Wildman–Crippen MR) is 84.2 cm³/mol. The molecule has 0 aliphatic heterocycles. The van der Waals surface area contributed by atoms with Crippen LogP contribution in [-0.4, -0.2) is 15.6 Å². The Morgan fingerprint density at radius 2 is 1.90 bits per heavy atom. The lowest BCUT2D eigenvalue weighted by atomic mass is 10.1. The highest BCUT2D eigenvalue weighted by molar-refractivity contribution is 6.31. The molecule has 21 heavy (non-hydrogen) atoms. The molecule has 0 aliphatic carbocycles. The molecule has 1 N–H and O–H groups in total. The SMILES string of the molecule is Cc1c(C(=O)O)n(Cc2ccccc2)c2ccc(Cl)cc12. The van der Waals surface area contributed by atoms with Crippen LogP contribution < -0.4 is 0 Å². The first-order valence-electron chi connectivity index (χ1n) is 6.63. The third-order valence-corrected chi connectivity index (χ3v) is 3.90. The number of carbonyl (C=O) groups is 1. The van der Waals surface area contributed by atoms with Crippen LogP contribution in [0.1, 0.15) is 21.6 Å². The second-order valence-corrected chi connectivity index (χ2v) is 5.45. The number of rotatable bonds is 3. The molecule has 4 heteroatoms. The van der Waals surface area contributed by atoms with E-state index in [2.05, 4.69) is 0 Å². The lowest BCUT2D eigenvalue weighted by Crippen LogP contribution is -2.10. The molecule has 3 aromatic rings. The summed E-state index contributed by atoms with van der Waals surface area (Å²) >= 11 is 6.04.